The summed E-state index contributed by atoms with van der Waals surface area (Å²) < 4.78 is 24.6. The van der Waals surface area contributed by atoms with Crippen LogP contribution in [0.15, 0.2) is 42.5 Å². The molecule has 31 heavy (non-hydrogen) atoms. The van der Waals surface area contributed by atoms with E-state index >= 15 is 0 Å². The minimum atomic E-state index is -3.85. The predicted octanol–water partition coefficient (Wildman–Crippen LogP) is 3.81. The maximum atomic E-state index is 13.2. The van der Waals surface area contributed by atoms with Crippen molar-refractivity contribution in [1.82, 2.24) is 4.98 Å². The molecule has 0 aliphatic rings. The Hall–Kier alpha value is -3.41. The first-order chi connectivity index (χ1) is 14.5. The van der Waals surface area contributed by atoms with E-state index in [0.29, 0.717) is 33.8 Å². The van der Waals surface area contributed by atoms with Crippen molar-refractivity contribution in [3.8, 4) is 6.07 Å². The van der Waals surface area contributed by atoms with E-state index in [1.807, 2.05) is 32.9 Å². The summed E-state index contributed by atoms with van der Waals surface area (Å²) >= 11 is 0. The largest absolute Gasteiger partial charge is 0.354 e. The Morgan fingerprint density at radius 3 is 2.32 bits per heavy atom. The van der Waals surface area contributed by atoms with Gasteiger partial charge < -0.3 is 4.98 Å². The van der Waals surface area contributed by atoms with Crippen LogP contribution in [0.5, 0.6) is 0 Å². The molecule has 1 atom stereocenters. The normalized spacial score (nSPS) is 12.3. The number of ketones is 1. The Morgan fingerprint density at radius 2 is 1.77 bits per heavy atom. The number of aryl methyl sites for hydroxylation is 2. The smallest absolute Gasteiger partial charge is 0.296 e. The average molecular weight is 437 g/mol. The van der Waals surface area contributed by atoms with Gasteiger partial charge in [-0.15, -0.1) is 0 Å². The monoisotopic (exact) mass is 436 g/mol. The van der Waals surface area contributed by atoms with E-state index in [1.54, 1.807) is 37.3 Å². The first-order valence-corrected chi connectivity index (χ1v) is 11.2. The van der Waals surface area contributed by atoms with Crippen LogP contribution in [0.4, 0.5) is 5.69 Å². The number of rotatable bonds is 6. The number of carbonyl (C=O) groups is 1. The van der Waals surface area contributed by atoms with Crippen molar-refractivity contribution in [2.24, 2.45) is 5.14 Å². The van der Waals surface area contributed by atoms with Gasteiger partial charge in [-0.05, 0) is 49.6 Å². The van der Waals surface area contributed by atoms with Crippen LogP contribution >= 0.6 is 0 Å². The van der Waals surface area contributed by atoms with E-state index in [0.717, 1.165) is 16.7 Å². The first-order valence-electron chi connectivity index (χ1n) is 9.66. The lowest BCUT2D eigenvalue weighted by Crippen LogP contribution is -2.21. The van der Waals surface area contributed by atoms with Crippen LogP contribution in [-0.4, -0.2) is 19.2 Å². The number of nitriles is 1. The van der Waals surface area contributed by atoms with Crippen molar-refractivity contribution in [2.45, 2.75) is 33.6 Å². The number of H-pyrrole nitrogens is 1. The maximum Gasteiger partial charge on any atom is 0.296 e. The van der Waals surface area contributed by atoms with Gasteiger partial charge in [0.1, 0.15) is 6.07 Å². The van der Waals surface area contributed by atoms with Crippen molar-refractivity contribution < 1.29 is 13.2 Å². The maximum absolute atomic E-state index is 13.2. The summed E-state index contributed by atoms with van der Waals surface area (Å²) in [5.74, 6) is -0.379. The van der Waals surface area contributed by atoms with Crippen molar-refractivity contribution in [3.05, 3.63) is 87.2 Å². The fraction of sp³-hybridized carbons (Fsp3) is 0.217. The van der Waals surface area contributed by atoms with Gasteiger partial charge in [0.25, 0.3) is 10.2 Å². The second kappa shape index (κ2) is 8.38. The third-order valence-corrected chi connectivity index (χ3v) is 5.87. The molecule has 3 rings (SSSR count). The minimum Gasteiger partial charge on any atom is -0.354 e. The summed E-state index contributed by atoms with van der Waals surface area (Å²) in [5, 5.41) is 14.7. The summed E-state index contributed by atoms with van der Waals surface area (Å²) in [5.41, 5.74) is 5.83. The summed E-state index contributed by atoms with van der Waals surface area (Å²) in [7, 11) is -3.85. The number of anilines is 1. The van der Waals surface area contributed by atoms with Crippen molar-refractivity contribution >= 4 is 21.7 Å². The lowest BCUT2D eigenvalue weighted by atomic mass is 9.94. The van der Waals surface area contributed by atoms with Crippen LogP contribution < -0.4 is 9.86 Å². The van der Waals surface area contributed by atoms with Gasteiger partial charge in [0, 0.05) is 22.9 Å². The second-order valence-electron chi connectivity index (χ2n) is 7.66. The third kappa shape index (κ3) is 4.68. The topological polar surface area (TPSA) is 129 Å². The molecule has 0 spiro atoms. The zero-order chi connectivity index (χ0) is 22.9. The summed E-state index contributed by atoms with van der Waals surface area (Å²) in [6.07, 6.45) is 0. The molecular formula is C23H24N4O3S. The highest BCUT2D eigenvalue weighted by molar-refractivity contribution is 7.90. The Balaban J connectivity index is 1.99. The van der Waals surface area contributed by atoms with E-state index in [1.165, 1.54) is 0 Å². The molecule has 2 aromatic carbocycles. The molecule has 4 N–H and O–H groups in total. The molecular weight excluding hydrogens is 412 g/mol. The number of aromatic amines is 1. The SMILES string of the molecule is Cc1ccc(C(=O)c2[nH]c(C(C)c3ccc(NS(N)(=O)=O)cc3)c(C#N)c2C)c(C)c1. The minimum absolute atomic E-state index is 0.155. The number of carbonyl (C=O) groups excluding carboxylic acids is 1. The van der Waals surface area contributed by atoms with Gasteiger partial charge in [0.05, 0.1) is 11.3 Å². The Kier molecular flexibility index (Phi) is 6.02. The molecule has 1 aromatic heterocycles. The molecule has 160 valence electrons. The second-order valence-corrected chi connectivity index (χ2v) is 8.96. The first kappa shape index (κ1) is 22.3. The molecule has 3 aromatic rings. The number of nitrogens with two attached hydrogens (primary N) is 1. The van der Waals surface area contributed by atoms with Crippen molar-refractivity contribution in [1.29, 1.82) is 5.26 Å². The van der Waals surface area contributed by atoms with Gasteiger partial charge in [-0.3, -0.25) is 9.52 Å². The zero-order valence-corrected chi connectivity index (χ0v) is 18.6. The zero-order valence-electron chi connectivity index (χ0n) is 17.8. The van der Waals surface area contributed by atoms with E-state index in [-0.39, 0.29) is 11.7 Å². The lowest BCUT2D eigenvalue weighted by molar-refractivity contribution is 0.103. The van der Waals surface area contributed by atoms with Crippen LogP contribution in [0.3, 0.4) is 0 Å². The molecule has 0 aliphatic heterocycles. The number of hydrogen-bond acceptors (Lipinski definition) is 4. The van der Waals surface area contributed by atoms with Crippen LogP contribution in [0.25, 0.3) is 0 Å². The molecule has 0 aliphatic carbocycles. The fourth-order valence-electron chi connectivity index (χ4n) is 3.69. The molecule has 7 nitrogen and oxygen atoms in total. The quantitative estimate of drug-likeness (QED) is 0.507. The molecule has 8 heteroatoms. The number of aromatic nitrogens is 1. The molecule has 0 radical (unpaired) electrons. The van der Waals surface area contributed by atoms with Gasteiger partial charge in [0.2, 0.25) is 5.78 Å². The highest BCUT2D eigenvalue weighted by Gasteiger charge is 2.24. The van der Waals surface area contributed by atoms with Crippen molar-refractivity contribution in [3.63, 3.8) is 0 Å². The van der Waals surface area contributed by atoms with Crippen molar-refractivity contribution in [2.75, 3.05) is 4.72 Å². The van der Waals surface area contributed by atoms with Crippen LogP contribution in [0.2, 0.25) is 0 Å². The van der Waals surface area contributed by atoms with Gasteiger partial charge in [0.15, 0.2) is 0 Å². The Labute approximate surface area is 182 Å². The van der Waals surface area contributed by atoms with Crippen LogP contribution in [0, 0.1) is 32.1 Å². The molecule has 0 saturated carbocycles. The van der Waals surface area contributed by atoms with Crippen LogP contribution in [0.1, 0.15) is 62.4 Å². The number of benzene rings is 2. The molecule has 1 heterocycles. The summed E-state index contributed by atoms with van der Waals surface area (Å²) in [6, 6.07) is 14.6. The molecule has 0 fully saturated rings. The average Bonchev–Trinajstić information content (AvgIpc) is 3.02. The Morgan fingerprint density at radius 1 is 1.13 bits per heavy atom. The van der Waals surface area contributed by atoms with Gasteiger partial charge in [-0.2, -0.15) is 13.7 Å². The van der Waals surface area contributed by atoms with E-state index in [2.05, 4.69) is 15.8 Å². The highest BCUT2D eigenvalue weighted by atomic mass is 32.2. The third-order valence-electron chi connectivity index (χ3n) is 5.35. The van der Waals surface area contributed by atoms with E-state index in [9.17, 15) is 18.5 Å². The number of hydrogen-bond donors (Lipinski definition) is 3. The van der Waals surface area contributed by atoms with Crippen LogP contribution in [-0.2, 0) is 10.2 Å². The molecule has 1 unspecified atom stereocenters. The molecule has 0 amide bonds. The number of nitrogens with one attached hydrogen (secondary N) is 2. The lowest BCUT2D eigenvalue weighted by Gasteiger charge is -2.12. The predicted molar refractivity (Wildman–Crippen MR) is 120 cm³/mol. The van der Waals surface area contributed by atoms with Gasteiger partial charge >= 0.3 is 0 Å². The summed E-state index contributed by atoms with van der Waals surface area (Å²) in [6.45, 7) is 7.55. The molecule has 0 bridgehead atoms. The van der Waals surface area contributed by atoms with Gasteiger partial charge in [-0.1, -0.05) is 42.8 Å². The van der Waals surface area contributed by atoms with Gasteiger partial charge in [-0.25, -0.2) is 5.14 Å². The highest BCUT2D eigenvalue weighted by Crippen LogP contribution is 2.31. The molecule has 0 saturated heterocycles. The number of nitrogens with zero attached hydrogens (tertiary/aromatic N) is 1. The standard InChI is InChI=1S/C23H24N4O3S/c1-13-5-10-19(14(2)11-13)23(28)22-16(4)20(12-24)21(26-22)15(3)17-6-8-18(9-7-17)27-31(25,29)30/h5-11,15,26-27H,1-4H3,(H2,25,29,30). The van der Waals surface area contributed by atoms with E-state index in [4.69, 9.17) is 5.14 Å². The summed E-state index contributed by atoms with van der Waals surface area (Å²) in [4.78, 5) is 16.4. The van der Waals surface area contributed by atoms with E-state index < -0.39 is 10.2 Å². The Bertz CT molecular complexity index is 1300. The fourth-order valence-corrected chi connectivity index (χ4v) is 4.15.